The van der Waals surface area contributed by atoms with Crippen molar-refractivity contribution in [2.75, 3.05) is 0 Å². The van der Waals surface area contributed by atoms with E-state index < -0.39 is 23.7 Å². The second kappa shape index (κ2) is 4.43. The molecular weight excluding hydrogens is 226 g/mol. The molecule has 2 atom stereocenters. The first kappa shape index (κ1) is 12.0. The number of carbonyl (C=O) groups excluding carboxylic acids is 1. The molecule has 1 aromatic carbocycles. The standard InChI is InChI=1S/C13H14F2O2/c1-13(14,15)11-7-10(11)12(16)17-8-9-5-3-2-4-6-9/h2-6,10-11H,7-8H2,1H3/t10-,11?/m0/s1. The number of esters is 1. The van der Waals surface area contributed by atoms with Crippen LogP contribution in [0.3, 0.4) is 0 Å². The van der Waals surface area contributed by atoms with Crippen molar-refractivity contribution in [3.63, 3.8) is 0 Å². The zero-order valence-corrected chi connectivity index (χ0v) is 9.53. The van der Waals surface area contributed by atoms with Crippen LogP contribution in [0.4, 0.5) is 8.78 Å². The van der Waals surface area contributed by atoms with Crippen LogP contribution in [0.5, 0.6) is 0 Å². The molecular formula is C13H14F2O2. The summed E-state index contributed by atoms with van der Waals surface area (Å²) in [4.78, 5) is 11.5. The molecule has 1 unspecified atom stereocenters. The summed E-state index contributed by atoms with van der Waals surface area (Å²) in [6.07, 6.45) is 0.233. The number of hydrogen-bond acceptors (Lipinski definition) is 2. The molecule has 17 heavy (non-hydrogen) atoms. The number of rotatable bonds is 4. The topological polar surface area (TPSA) is 26.3 Å². The highest BCUT2D eigenvalue weighted by Gasteiger charge is 2.56. The van der Waals surface area contributed by atoms with Gasteiger partial charge in [0.1, 0.15) is 6.61 Å². The van der Waals surface area contributed by atoms with Crippen LogP contribution in [0.1, 0.15) is 18.9 Å². The van der Waals surface area contributed by atoms with Gasteiger partial charge in [0, 0.05) is 5.92 Å². The maximum atomic E-state index is 12.9. The fourth-order valence-corrected chi connectivity index (χ4v) is 1.85. The Labute approximate surface area is 98.6 Å². The van der Waals surface area contributed by atoms with Gasteiger partial charge in [-0.2, -0.15) is 0 Å². The van der Waals surface area contributed by atoms with Gasteiger partial charge in [0.05, 0.1) is 5.92 Å². The van der Waals surface area contributed by atoms with E-state index in [-0.39, 0.29) is 13.0 Å². The van der Waals surface area contributed by atoms with Gasteiger partial charge in [-0.05, 0) is 18.9 Å². The number of ether oxygens (including phenoxy) is 1. The molecule has 0 radical (unpaired) electrons. The SMILES string of the molecule is CC(F)(F)C1C[C@@H]1C(=O)OCc1ccccc1. The van der Waals surface area contributed by atoms with Crippen molar-refractivity contribution < 1.29 is 18.3 Å². The van der Waals surface area contributed by atoms with E-state index in [4.69, 9.17) is 4.74 Å². The van der Waals surface area contributed by atoms with Gasteiger partial charge in [0.2, 0.25) is 5.92 Å². The second-order valence-electron chi connectivity index (χ2n) is 4.50. The van der Waals surface area contributed by atoms with Crippen molar-refractivity contribution in [2.45, 2.75) is 25.9 Å². The van der Waals surface area contributed by atoms with Crippen molar-refractivity contribution in [2.24, 2.45) is 11.8 Å². The molecule has 0 aromatic heterocycles. The minimum Gasteiger partial charge on any atom is -0.461 e. The highest BCUT2D eigenvalue weighted by molar-refractivity contribution is 5.76. The molecule has 1 saturated carbocycles. The normalized spacial score (nSPS) is 23.2. The zero-order valence-electron chi connectivity index (χ0n) is 9.53. The van der Waals surface area contributed by atoms with Crippen LogP contribution in [0.25, 0.3) is 0 Å². The van der Waals surface area contributed by atoms with Crippen molar-refractivity contribution >= 4 is 5.97 Å². The summed E-state index contributed by atoms with van der Waals surface area (Å²) in [7, 11) is 0. The average Bonchev–Trinajstić information content (AvgIpc) is 3.06. The highest BCUT2D eigenvalue weighted by atomic mass is 19.3. The van der Waals surface area contributed by atoms with Crippen LogP contribution < -0.4 is 0 Å². The monoisotopic (exact) mass is 240 g/mol. The van der Waals surface area contributed by atoms with E-state index >= 15 is 0 Å². The Morgan fingerprint density at radius 1 is 1.41 bits per heavy atom. The Morgan fingerprint density at radius 2 is 2.06 bits per heavy atom. The first-order valence-electron chi connectivity index (χ1n) is 5.57. The molecule has 0 bridgehead atoms. The first-order chi connectivity index (χ1) is 7.98. The van der Waals surface area contributed by atoms with Gasteiger partial charge in [-0.1, -0.05) is 30.3 Å². The lowest BCUT2D eigenvalue weighted by Gasteiger charge is -2.09. The summed E-state index contributed by atoms with van der Waals surface area (Å²) in [6.45, 7) is 1.00. The van der Waals surface area contributed by atoms with E-state index in [1.54, 1.807) is 0 Å². The molecule has 1 fully saturated rings. The average molecular weight is 240 g/mol. The third-order valence-corrected chi connectivity index (χ3v) is 2.97. The molecule has 4 heteroatoms. The predicted molar refractivity (Wildman–Crippen MR) is 58.5 cm³/mol. The lowest BCUT2D eigenvalue weighted by Crippen LogP contribution is -2.18. The van der Waals surface area contributed by atoms with Crippen LogP contribution in [0.2, 0.25) is 0 Å². The Kier molecular flexibility index (Phi) is 3.13. The highest BCUT2D eigenvalue weighted by Crippen LogP contribution is 2.49. The summed E-state index contributed by atoms with van der Waals surface area (Å²) in [5.74, 6) is -4.76. The molecule has 0 saturated heterocycles. The molecule has 0 spiro atoms. The number of alkyl halides is 2. The van der Waals surface area contributed by atoms with Gasteiger partial charge in [0.25, 0.3) is 0 Å². The lowest BCUT2D eigenvalue weighted by molar-refractivity contribution is -0.148. The van der Waals surface area contributed by atoms with Crippen molar-refractivity contribution in [1.29, 1.82) is 0 Å². The van der Waals surface area contributed by atoms with Crippen molar-refractivity contribution in [1.82, 2.24) is 0 Å². The molecule has 0 aliphatic heterocycles. The summed E-state index contributed by atoms with van der Waals surface area (Å²) < 4.78 is 30.8. The zero-order chi connectivity index (χ0) is 12.5. The van der Waals surface area contributed by atoms with Crippen LogP contribution in [-0.2, 0) is 16.1 Å². The minimum absolute atomic E-state index is 0.151. The maximum absolute atomic E-state index is 12.9. The fraction of sp³-hybridized carbons (Fsp3) is 0.462. The van der Waals surface area contributed by atoms with Gasteiger partial charge in [-0.15, -0.1) is 0 Å². The van der Waals surface area contributed by atoms with Crippen molar-refractivity contribution in [3.8, 4) is 0 Å². The molecule has 2 rings (SSSR count). The molecule has 0 heterocycles. The molecule has 1 aliphatic rings. The predicted octanol–water partition coefficient (Wildman–Crippen LogP) is 3.02. The van der Waals surface area contributed by atoms with Crippen molar-refractivity contribution in [3.05, 3.63) is 35.9 Å². The van der Waals surface area contributed by atoms with Crippen LogP contribution in [0.15, 0.2) is 30.3 Å². The Bertz CT molecular complexity index is 398. The van der Waals surface area contributed by atoms with E-state index in [0.29, 0.717) is 0 Å². The number of halogens is 2. The lowest BCUT2D eigenvalue weighted by atomic mass is 10.2. The second-order valence-corrected chi connectivity index (χ2v) is 4.50. The quantitative estimate of drug-likeness (QED) is 0.756. The van der Waals surface area contributed by atoms with Crippen LogP contribution >= 0.6 is 0 Å². The molecule has 92 valence electrons. The van der Waals surface area contributed by atoms with Crippen LogP contribution in [0, 0.1) is 11.8 Å². The molecule has 0 amide bonds. The third kappa shape index (κ3) is 3.02. The van der Waals surface area contributed by atoms with Gasteiger partial charge in [-0.25, -0.2) is 8.78 Å². The smallest absolute Gasteiger partial charge is 0.309 e. The Balaban J connectivity index is 1.80. The molecule has 0 N–H and O–H groups in total. The fourth-order valence-electron chi connectivity index (χ4n) is 1.85. The van der Waals surface area contributed by atoms with E-state index in [1.165, 1.54) is 0 Å². The molecule has 1 aromatic rings. The first-order valence-corrected chi connectivity index (χ1v) is 5.57. The minimum atomic E-state index is -2.78. The van der Waals surface area contributed by atoms with E-state index in [9.17, 15) is 13.6 Å². The summed E-state index contributed by atoms with van der Waals surface area (Å²) >= 11 is 0. The summed E-state index contributed by atoms with van der Waals surface area (Å²) in [5, 5.41) is 0. The Hall–Kier alpha value is -1.45. The number of benzene rings is 1. The van der Waals surface area contributed by atoms with Gasteiger partial charge in [-0.3, -0.25) is 4.79 Å². The van der Waals surface area contributed by atoms with Crippen LogP contribution in [-0.4, -0.2) is 11.9 Å². The van der Waals surface area contributed by atoms with E-state index in [0.717, 1.165) is 12.5 Å². The molecule has 1 aliphatic carbocycles. The number of hydrogen-bond donors (Lipinski definition) is 0. The van der Waals surface area contributed by atoms with E-state index in [2.05, 4.69) is 0 Å². The summed E-state index contributed by atoms with van der Waals surface area (Å²) in [6, 6.07) is 9.19. The summed E-state index contributed by atoms with van der Waals surface area (Å²) in [5.41, 5.74) is 0.862. The Morgan fingerprint density at radius 3 is 2.59 bits per heavy atom. The molecule has 2 nitrogen and oxygen atoms in total. The van der Waals surface area contributed by atoms with E-state index in [1.807, 2.05) is 30.3 Å². The van der Waals surface area contributed by atoms with Gasteiger partial charge >= 0.3 is 5.97 Å². The largest absolute Gasteiger partial charge is 0.461 e. The van der Waals surface area contributed by atoms with Gasteiger partial charge in [0.15, 0.2) is 0 Å². The number of carbonyl (C=O) groups is 1. The maximum Gasteiger partial charge on any atom is 0.309 e. The third-order valence-electron chi connectivity index (χ3n) is 2.97. The van der Waals surface area contributed by atoms with Gasteiger partial charge < -0.3 is 4.74 Å².